The number of thiol groups is 1. The summed E-state index contributed by atoms with van der Waals surface area (Å²) in [6.45, 7) is 3.21. The van der Waals surface area contributed by atoms with Crippen molar-refractivity contribution in [2.45, 2.75) is 62.9 Å². The molecule has 2 aliphatic carbocycles. The van der Waals surface area contributed by atoms with E-state index in [1.807, 2.05) is 0 Å². The van der Waals surface area contributed by atoms with E-state index in [0.29, 0.717) is 5.56 Å². The lowest BCUT2D eigenvalue weighted by molar-refractivity contribution is 0.0781. The zero-order chi connectivity index (χ0) is 20.8. The van der Waals surface area contributed by atoms with Crippen molar-refractivity contribution in [2.75, 3.05) is 12.0 Å². The minimum atomic E-state index is -2.28. The monoisotopic (exact) mass is 420 g/mol. The molecule has 0 radical (unpaired) electrons. The normalized spacial score (nSPS) is 16.7. The van der Waals surface area contributed by atoms with Crippen LogP contribution < -0.4 is 5.32 Å². The van der Waals surface area contributed by atoms with E-state index in [-0.39, 0.29) is 17.4 Å². The molecule has 2 aliphatic rings. The van der Waals surface area contributed by atoms with Gasteiger partial charge in [-0.15, -0.1) is 0 Å². The summed E-state index contributed by atoms with van der Waals surface area (Å²) >= 11 is 0. The van der Waals surface area contributed by atoms with Gasteiger partial charge in [0.2, 0.25) is 0 Å². The van der Waals surface area contributed by atoms with Crippen molar-refractivity contribution in [1.29, 1.82) is 0 Å². The van der Waals surface area contributed by atoms with Crippen LogP contribution in [0.15, 0.2) is 27.5 Å². The number of halogens is 2. The maximum absolute atomic E-state index is 14.7. The topological polar surface area (TPSA) is 61.7 Å². The Morgan fingerprint density at radius 3 is 2.21 bits per heavy atom. The zero-order valence-electron chi connectivity index (χ0n) is 16.7. The number of anilines is 1. The van der Waals surface area contributed by atoms with Gasteiger partial charge in [0.05, 0.1) is 21.1 Å². The summed E-state index contributed by atoms with van der Waals surface area (Å²) in [5, 5.41) is 13.2. The average Bonchev–Trinajstić information content (AvgIpc) is 3.33. The van der Waals surface area contributed by atoms with Crippen LogP contribution >= 0.6 is 0 Å². The predicted molar refractivity (Wildman–Crippen MR) is 111 cm³/mol. The van der Waals surface area contributed by atoms with E-state index in [2.05, 4.69) is 9.68 Å². The summed E-state index contributed by atoms with van der Waals surface area (Å²) in [5.41, 5.74) is 3.85. The molecule has 156 valence electrons. The number of fused-ring (bicyclic) bond motifs is 2. The lowest BCUT2D eigenvalue weighted by Crippen LogP contribution is -2.15. The third kappa shape index (κ3) is 3.78. The summed E-state index contributed by atoms with van der Waals surface area (Å²) < 4.78 is 45.7. The van der Waals surface area contributed by atoms with Crippen LogP contribution in [0.1, 0.15) is 54.5 Å². The third-order valence-electron chi connectivity index (χ3n) is 5.88. The van der Waals surface area contributed by atoms with E-state index < -0.39 is 22.0 Å². The highest BCUT2D eigenvalue weighted by Crippen LogP contribution is 2.40. The predicted octanol–water partition coefficient (Wildman–Crippen LogP) is 4.26. The van der Waals surface area contributed by atoms with E-state index >= 15 is 0 Å². The maximum Gasteiger partial charge on any atom is 0.140 e. The molecule has 0 aromatic heterocycles. The van der Waals surface area contributed by atoms with Gasteiger partial charge in [-0.2, -0.15) is 0 Å². The van der Waals surface area contributed by atoms with Gasteiger partial charge in [-0.1, -0.05) is 6.07 Å². The first-order valence-corrected chi connectivity index (χ1v) is 11.2. The standard InChI is InChI=1S/C22H26F2N2O2S/c1-22(2,27)13-9-10-19(18(23)11-13)29(28)26-12-25-21-16-7-3-5-14(16)20(24)15-6-4-8-17(15)21/h9-11,25,27,29H,3-8,12H2,1-2H3. The second kappa shape index (κ2) is 7.69. The second-order valence-electron chi connectivity index (χ2n) is 8.28. The van der Waals surface area contributed by atoms with Crippen molar-refractivity contribution in [2.24, 2.45) is 4.36 Å². The number of nitrogens with one attached hydrogen (secondary N) is 1. The second-order valence-corrected chi connectivity index (χ2v) is 9.60. The Kier molecular flexibility index (Phi) is 5.38. The largest absolute Gasteiger partial charge is 0.386 e. The van der Waals surface area contributed by atoms with Crippen LogP contribution in [0.3, 0.4) is 0 Å². The van der Waals surface area contributed by atoms with Crippen molar-refractivity contribution in [1.82, 2.24) is 0 Å². The van der Waals surface area contributed by atoms with Crippen LogP contribution in [-0.4, -0.2) is 16.0 Å². The molecule has 7 heteroatoms. The molecule has 2 aromatic carbocycles. The quantitative estimate of drug-likeness (QED) is 0.634. The molecule has 0 fully saturated rings. The Hall–Kier alpha value is -1.99. The van der Waals surface area contributed by atoms with E-state index in [9.17, 15) is 18.1 Å². The van der Waals surface area contributed by atoms with Crippen LogP contribution in [0.4, 0.5) is 14.5 Å². The molecule has 0 saturated carbocycles. The highest BCUT2D eigenvalue weighted by Gasteiger charge is 2.28. The summed E-state index contributed by atoms with van der Waals surface area (Å²) in [6, 6.07) is 4.18. The third-order valence-corrected chi connectivity index (χ3v) is 7.06. The van der Waals surface area contributed by atoms with E-state index in [1.54, 1.807) is 19.9 Å². The summed E-state index contributed by atoms with van der Waals surface area (Å²) in [4.78, 5) is 0.0179. The van der Waals surface area contributed by atoms with Crippen molar-refractivity contribution in [3.05, 3.63) is 57.7 Å². The fourth-order valence-electron chi connectivity index (χ4n) is 4.40. The molecule has 0 saturated heterocycles. The smallest absolute Gasteiger partial charge is 0.140 e. The Balaban J connectivity index is 1.57. The molecule has 0 bridgehead atoms. The molecule has 0 heterocycles. The number of benzene rings is 2. The number of aliphatic hydroxyl groups is 1. The van der Waals surface area contributed by atoms with Crippen molar-refractivity contribution in [3.63, 3.8) is 0 Å². The van der Waals surface area contributed by atoms with E-state index in [0.717, 1.165) is 66.5 Å². The molecule has 4 rings (SSSR count). The van der Waals surface area contributed by atoms with Crippen LogP contribution in [0.25, 0.3) is 0 Å². The van der Waals surface area contributed by atoms with E-state index in [1.165, 1.54) is 12.1 Å². The first-order valence-electron chi connectivity index (χ1n) is 10.0. The number of hydrogen-bond donors (Lipinski definition) is 3. The van der Waals surface area contributed by atoms with Gasteiger partial charge < -0.3 is 10.4 Å². The lowest BCUT2D eigenvalue weighted by atomic mass is 9.98. The first kappa shape index (κ1) is 20.3. The Morgan fingerprint density at radius 1 is 1.07 bits per heavy atom. The molecule has 29 heavy (non-hydrogen) atoms. The van der Waals surface area contributed by atoms with E-state index in [4.69, 9.17) is 0 Å². The molecule has 2 N–H and O–H groups in total. The molecule has 1 unspecified atom stereocenters. The molecule has 0 aliphatic heterocycles. The zero-order valence-corrected chi connectivity index (χ0v) is 17.6. The highest BCUT2D eigenvalue weighted by molar-refractivity contribution is 7.75. The Labute approximate surface area is 171 Å². The molecule has 2 aromatic rings. The first-order chi connectivity index (χ1) is 13.8. The molecule has 0 spiro atoms. The van der Waals surface area contributed by atoms with Gasteiger partial charge in [-0.05, 0) is 92.3 Å². The molecular formula is C22H26F2N2O2S. The van der Waals surface area contributed by atoms with Crippen LogP contribution in [0.5, 0.6) is 0 Å². The Bertz CT molecular complexity index is 1020. The van der Waals surface area contributed by atoms with Gasteiger partial charge in [-0.25, -0.2) is 17.4 Å². The van der Waals surface area contributed by atoms with Gasteiger partial charge in [0, 0.05) is 5.69 Å². The summed E-state index contributed by atoms with van der Waals surface area (Å²) in [6.07, 6.45) is 5.06. The average molecular weight is 421 g/mol. The molecule has 4 nitrogen and oxygen atoms in total. The highest BCUT2D eigenvalue weighted by atomic mass is 32.2. The van der Waals surface area contributed by atoms with Gasteiger partial charge in [0.15, 0.2) is 0 Å². The van der Waals surface area contributed by atoms with Crippen molar-refractivity contribution < 1.29 is 18.1 Å². The van der Waals surface area contributed by atoms with Gasteiger partial charge in [-0.3, -0.25) is 0 Å². The van der Waals surface area contributed by atoms with Gasteiger partial charge >= 0.3 is 0 Å². The number of hydrogen-bond acceptors (Lipinski definition) is 4. The molecular weight excluding hydrogens is 394 g/mol. The minimum Gasteiger partial charge on any atom is -0.386 e. The summed E-state index contributed by atoms with van der Waals surface area (Å²) in [5.74, 6) is -0.675. The molecule has 1 atom stereocenters. The SMILES string of the molecule is CC(C)(O)c1ccc([SH](=O)=NCNc2c3c(c(F)c4c2CCC4)CCC3)c(F)c1. The minimum absolute atomic E-state index is 0.0179. The number of nitrogens with zero attached hydrogens (tertiary/aromatic N) is 1. The summed E-state index contributed by atoms with van der Waals surface area (Å²) in [7, 11) is -2.28. The van der Waals surface area contributed by atoms with Crippen molar-refractivity contribution in [3.8, 4) is 0 Å². The van der Waals surface area contributed by atoms with Crippen LogP contribution in [0.2, 0.25) is 0 Å². The Morgan fingerprint density at radius 2 is 1.66 bits per heavy atom. The van der Waals surface area contributed by atoms with Crippen LogP contribution in [-0.2, 0) is 41.9 Å². The van der Waals surface area contributed by atoms with Crippen molar-refractivity contribution >= 4 is 16.3 Å². The number of rotatable bonds is 5. The fraction of sp³-hybridized carbons (Fsp3) is 0.455. The van der Waals surface area contributed by atoms with Gasteiger partial charge in [0.1, 0.15) is 18.3 Å². The van der Waals surface area contributed by atoms with Crippen LogP contribution in [0, 0.1) is 11.6 Å². The lowest BCUT2D eigenvalue weighted by Gasteiger charge is -2.18. The van der Waals surface area contributed by atoms with Gasteiger partial charge in [0.25, 0.3) is 0 Å². The fourth-order valence-corrected chi connectivity index (χ4v) is 5.20. The molecule has 0 amide bonds. The maximum atomic E-state index is 14.7.